The van der Waals surface area contributed by atoms with Gasteiger partial charge in [-0.2, -0.15) is 22.8 Å². The number of aliphatic hydroxyl groups excluding tert-OH is 2. The van der Waals surface area contributed by atoms with Crippen LogP contribution in [0.25, 0.3) is 21.3 Å². The summed E-state index contributed by atoms with van der Waals surface area (Å²) in [7, 11) is -5.06. The number of fused-ring (bicyclic) bond motifs is 10. The number of hydrogen-bond donors (Lipinski definition) is 11. The van der Waals surface area contributed by atoms with Crippen molar-refractivity contribution in [2.45, 2.75) is 195 Å². The molecule has 7 aliphatic rings. The fraction of sp³-hybridized carbons (Fsp3) is 0.629. The summed E-state index contributed by atoms with van der Waals surface area (Å²) in [5, 5.41) is 49.8. The van der Waals surface area contributed by atoms with Gasteiger partial charge in [-0.3, -0.25) is 42.6 Å². The van der Waals surface area contributed by atoms with E-state index in [0.29, 0.717) is 45.1 Å². The molecule has 1 radical (unpaired) electrons. The van der Waals surface area contributed by atoms with Gasteiger partial charge in [0, 0.05) is 68.3 Å². The number of nitrogens with one attached hydrogen (secondary N) is 2. The monoisotopic (exact) mass is 1330 g/mol. The molecule has 1 aromatic rings. The number of ether oxygens (including phenoxy) is 1. The number of hydrogen-bond acceptors (Lipinski definition) is 15. The summed E-state index contributed by atoms with van der Waals surface area (Å²) in [6, 6.07) is 2.37. The Hall–Kier alpha value is -6.49. The third-order valence-electron chi connectivity index (χ3n) is 20.3. The maximum absolute atomic E-state index is 14.4. The number of aryl methyl sites for hydroxylation is 2. The van der Waals surface area contributed by atoms with Crippen LogP contribution in [0, 0.1) is 47.3 Å². The van der Waals surface area contributed by atoms with Gasteiger partial charge in [0.15, 0.2) is 6.23 Å². The zero-order valence-corrected chi connectivity index (χ0v) is 55.6. The maximum Gasteiger partial charge on any atom is 0.472 e. The van der Waals surface area contributed by atoms with Crippen molar-refractivity contribution in [2.75, 3.05) is 30.0 Å². The molecular formula is C62H90CoN13O14P-4. The number of aliphatic hydroxyl groups is 2. The van der Waals surface area contributed by atoms with E-state index >= 15 is 0 Å². The topological polar surface area (TPSA) is 465 Å². The SMILES string of the molecule is C/C1=C2/[N-]C(/C=C3\[N-]C(/C(C)=C4\[N-]C(=C(CC(N)=O)[C@@]4(C)CCC(=O)NC[C@@H](C)OP(=O)(O)O[C@H]4[C@@H](O)[C@@H](N5CNc6cc(C)c(C)cc65)O[C@@H]4CO)[C@]4(C)[N-]C1=C(CCC(N)=O)[C@]4(C)CC(N)=O)[C@@H](CCC(N)=O)C3(C)C)[C@@H](CCC(N)=O)[C@]2(C)CC(N)=O.[Co]. The first-order valence-electron chi connectivity index (χ1n) is 30.6. The van der Waals surface area contributed by atoms with Crippen molar-refractivity contribution in [3.63, 3.8) is 0 Å². The standard InChI is InChI=1S/C62H90N13O14P.Co/c1-29-20-39-40(21-30(29)2)75(28-70-39)57-52(84)53(41(27-76)87-57)89-90(85,86)88-31(3)26-69-49(83)18-19-59(8)37(22-46(66)80)56-62(11)61(10,25-48(68)82)36(14-17-45(65)79)51(74-62)33(5)55-60(9,24-47(67)81)34(12-15-43(63)77)38(71-55)23-42-58(6,7)35(13-16-44(64)78)50(72-42)32(4)54(59)73-56;/h20-21,23,31,34-35,38,41,50,52-53,57,70,76,84H,12-19,22,24-28H2,1-11H3,(H2,63,77)(H2,64,78)(H2,65,79)(H2,66,80)(H2,67,81)(H2,68,82)(H,69,83)(H,85,86);/q-4;/b42-23-,54-32-,55-33-;/t31-,34-,35-,38?,41-,50?,52-,53-,57+,59-,60+,61+,62+;/m1./s1. The molecule has 3 unspecified atom stereocenters. The zero-order valence-electron chi connectivity index (χ0n) is 53.6. The molecule has 1 aromatic carbocycles. The van der Waals surface area contributed by atoms with Gasteiger partial charge < -0.3 is 91.0 Å². The first-order chi connectivity index (χ1) is 41.8. The number of amides is 7. The van der Waals surface area contributed by atoms with E-state index in [9.17, 15) is 53.2 Å². The van der Waals surface area contributed by atoms with Crippen molar-refractivity contribution < 1.29 is 83.8 Å². The molecule has 17 N–H and O–H groups in total. The quantitative estimate of drug-likeness (QED) is 0.0540. The van der Waals surface area contributed by atoms with E-state index in [4.69, 9.17) is 69.5 Å². The van der Waals surface area contributed by atoms with Crippen molar-refractivity contribution in [1.29, 1.82) is 0 Å². The number of phosphoric acid groups is 1. The molecule has 27 nitrogen and oxygen atoms in total. The fourth-order valence-corrected chi connectivity index (χ4v) is 16.3. The molecular weight excluding hydrogens is 1240 g/mol. The van der Waals surface area contributed by atoms with E-state index in [-0.39, 0.29) is 99.9 Å². The number of primary amides is 6. The zero-order chi connectivity index (χ0) is 66.7. The van der Waals surface area contributed by atoms with Crippen molar-refractivity contribution in [3.8, 4) is 0 Å². The van der Waals surface area contributed by atoms with Gasteiger partial charge in [0.25, 0.3) is 0 Å². The Balaban J connectivity index is 0.0000118. The number of benzene rings is 1. The molecule has 7 amide bonds. The van der Waals surface area contributed by atoms with Crippen LogP contribution < -0.4 is 49.9 Å². The predicted octanol–water partition coefficient (Wildman–Crippen LogP) is 5.05. The minimum Gasteiger partial charge on any atom is -0.681 e. The van der Waals surface area contributed by atoms with E-state index in [1.165, 1.54) is 6.92 Å². The van der Waals surface area contributed by atoms with E-state index < -0.39 is 144 Å². The molecule has 0 aromatic heterocycles. The van der Waals surface area contributed by atoms with Crippen LogP contribution in [0.3, 0.4) is 0 Å². The first kappa shape index (κ1) is 71.9. The second-order valence-electron chi connectivity index (χ2n) is 26.9. The Morgan fingerprint density at radius 3 is 2.02 bits per heavy atom. The van der Waals surface area contributed by atoms with E-state index in [1.54, 1.807) is 25.7 Å². The van der Waals surface area contributed by atoms with Gasteiger partial charge in [-0.25, -0.2) is 4.57 Å². The fourth-order valence-electron chi connectivity index (χ4n) is 15.1. The van der Waals surface area contributed by atoms with Crippen LogP contribution in [0.5, 0.6) is 0 Å². The van der Waals surface area contributed by atoms with Gasteiger partial charge in [0.2, 0.25) is 41.4 Å². The van der Waals surface area contributed by atoms with Crippen LogP contribution in [0.2, 0.25) is 0 Å². The van der Waals surface area contributed by atoms with Crippen molar-refractivity contribution in [3.05, 3.63) is 101 Å². The Labute approximate surface area is 541 Å². The molecule has 0 saturated carbocycles. The van der Waals surface area contributed by atoms with Gasteiger partial charge >= 0.3 is 7.82 Å². The van der Waals surface area contributed by atoms with Gasteiger partial charge in [-0.15, -0.1) is 17.3 Å². The smallest absolute Gasteiger partial charge is 0.472 e. The number of anilines is 2. The molecule has 0 spiro atoms. The summed E-state index contributed by atoms with van der Waals surface area (Å²) in [6.45, 7) is 19.3. The largest absolute Gasteiger partial charge is 0.681 e. The maximum atomic E-state index is 14.4. The Kier molecular flexibility index (Phi) is 21.2. The van der Waals surface area contributed by atoms with E-state index in [0.717, 1.165) is 22.5 Å². The third kappa shape index (κ3) is 13.8. The van der Waals surface area contributed by atoms with Crippen LogP contribution in [0.1, 0.15) is 144 Å². The molecule has 505 valence electrons. The molecule has 8 rings (SSSR count). The second kappa shape index (κ2) is 26.8. The van der Waals surface area contributed by atoms with Crippen LogP contribution in [0.15, 0.2) is 69.0 Å². The third-order valence-corrected chi connectivity index (χ3v) is 21.4. The Morgan fingerprint density at radius 1 is 0.813 bits per heavy atom. The second-order valence-corrected chi connectivity index (χ2v) is 28.2. The van der Waals surface area contributed by atoms with Gasteiger partial charge in [-0.05, 0) is 117 Å². The molecule has 3 saturated heterocycles. The van der Waals surface area contributed by atoms with Gasteiger partial charge in [0.05, 0.1) is 30.8 Å². The van der Waals surface area contributed by atoms with Gasteiger partial charge in [0.1, 0.15) is 18.3 Å². The molecule has 7 aliphatic heterocycles. The van der Waals surface area contributed by atoms with Crippen LogP contribution >= 0.6 is 7.82 Å². The predicted molar refractivity (Wildman–Crippen MR) is 335 cm³/mol. The number of allylic oxidation sites excluding steroid dienone is 4. The molecule has 29 heteroatoms. The van der Waals surface area contributed by atoms with Crippen molar-refractivity contribution in [1.82, 2.24) is 5.32 Å². The van der Waals surface area contributed by atoms with Crippen LogP contribution in [0.4, 0.5) is 11.4 Å². The van der Waals surface area contributed by atoms with Crippen LogP contribution in [-0.2, 0) is 68.7 Å². The Morgan fingerprint density at radius 2 is 1.43 bits per heavy atom. The molecule has 91 heavy (non-hydrogen) atoms. The molecule has 3 fully saturated rings. The summed E-state index contributed by atoms with van der Waals surface area (Å²) in [5.74, 6) is -5.60. The molecule has 7 heterocycles. The summed E-state index contributed by atoms with van der Waals surface area (Å²) in [6.07, 6.45) is -5.91. The number of nitrogens with zero attached hydrogens (tertiary/aromatic N) is 5. The first-order valence-corrected chi connectivity index (χ1v) is 32.0. The average molecular weight is 1330 g/mol. The van der Waals surface area contributed by atoms with Crippen molar-refractivity contribution in [2.24, 2.45) is 67.9 Å². The summed E-state index contributed by atoms with van der Waals surface area (Å²) < 4.78 is 30.8. The minimum atomic E-state index is -5.06. The number of carbonyl (C=O) groups is 7. The number of nitrogens with two attached hydrogens (primary N) is 6. The minimum absolute atomic E-state index is 0. The summed E-state index contributed by atoms with van der Waals surface area (Å²) in [5.41, 5.74) is 36.8. The molecule has 0 aliphatic carbocycles. The van der Waals surface area contributed by atoms with E-state index in [1.807, 2.05) is 66.7 Å². The number of rotatable bonds is 26. The normalized spacial score (nSPS) is 33.5. The van der Waals surface area contributed by atoms with Gasteiger partial charge in [-0.1, -0.05) is 75.9 Å². The van der Waals surface area contributed by atoms with E-state index in [2.05, 4.69) is 10.6 Å². The number of carbonyl (C=O) groups excluding carboxylic acids is 7. The van der Waals surface area contributed by atoms with Crippen molar-refractivity contribution >= 4 is 60.5 Å². The number of phosphoric ester groups is 1. The summed E-state index contributed by atoms with van der Waals surface area (Å²) in [4.78, 5) is 106. The molecule has 14 atom stereocenters. The summed E-state index contributed by atoms with van der Waals surface area (Å²) >= 11 is 0. The Bertz CT molecular complexity index is 3350. The average Bonchev–Trinajstić information content (AvgIpc) is 1.54. The van der Waals surface area contributed by atoms with Crippen LogP contribution in [-0.4, -0.2) is 125 Å². The molecule has 8 bridgehead atoms.